The van der Waals surface area contributed by atoms with Crippen LogP contribution in [0.1, 0.15) is 15.9 Å². The number of Topliss-reactive ketones (excluding diaryl/α,β-unsaturated/α-hetero) is 1. The first-order chi connectivity index (χ1) is 25.2. The molecule has 2 rings (SSSR count). The minimum Gasteiger partial charge on any atom is -0.457 e. The second kappa shape index (κ2) is 32.4. The van der Waals surface area contributed by atoms with Crippen LogP contribution in [0.3, 0.4) is 0 Å². The molecule has 2 aromatic rings. The van der Waals surface area contributed by atoms with Crippen molar-refractivity contribution in [1.82, 2.24) is 5.32 Å². The predicted octanol–water partition coefficient (Wildman–Crippen LogP) is 2.49. The zero-order valence-electron chi connectivity index (χ0n) is 29.3. The van der Waals surface area contributed by atoms with E-state index >= 15 is 0 Å². The van der Waals surface area contributed by atoms with E-state index in [9.17, 15) is 14.4 Å². The first kappa shape index (κ1) is 43.7. The molecular formula is C36H53NO14. The Morgan fingerprint density at radius 2 is 0.765 bits per heavy atom. The van der Waals surface area contributed by atoms with E-state index in [0.717, 1.165) is 5.56 Å². The third-order valence-electron chi connectivity index (χ3n) is 6.39. The monoisotopic (exact) mass is 723 g/mol. The van der Waals surface area contributed by atoms with Crippen molar-refractivity contribution >= 4 is 17.8 Å². The molecule has 1 amide bonds. The van der Waals surface area contributed by atoms with Gasteiger partial charge in [0.2, 0.25) is 0 Å². The summed E-state index contributed by atoms with van der Waals surface area (Å²) in [4.78, 5) is 35.3. The number of nitrogens with one attached hydrogen (secondary N) is 1. The molecule has 0 radical (unpaired) electrons. The maximum absolute atomic E-state index is 11.9. The van der Waals surface area contributed by atoms with E-state index in [2.05, 4.69) is 5.32 Å². The van der Waals surface area contributed by atoms with Crippen LogP contribution in [0.4, 0.5) is 4.79 Å². The van der Waals surface area contributed by atoms with E-state index in [1.165, 1.54) is 0 Å². The fourth-order valence-corrected chi connectivity index (χ4v) is 3.83. The second-order valence-electron chi connectivity index (χ2n) is 10.3. The molecule has 2 aromatic carbocycles. The number of benzene rings is 2. The molecule has 286 valence electrons. The average Bonchev–Trinajstić information content (AvgIpc) is 3.16. The van der Waals surface area contributed by atoms with Crippen LogP contribution in [-0.2, 0) is 63.5 Å². The van der Waals surface area contributed by atoms with Gasteiger partial charge in [-0.3, -0.25) is 4.79 Å². The third kappa shape index (κ3) is 26.0. The van der Waals surface area contributed by atoms with Gasteiger partial charge in [0, 0.05) is 12.1 Å². The van der Waals surface area contributed by atoms with Crippen molar-refractivity contribution < 1.29 is 66.5 Å². The Kier molecular flexibility index (Phi) is 27.7. The van der Waals surface area contributed by atoms with E-state index in [-0.39, 0.29) is 19.8 Å². The predicted molar refractivity (Wildman–Crippen MR) is 184 cm³/mol. The zero-order chi connectivity index (χ0) is 36.3. The Labute approximate surface area is 300 Å². The van der Waals surface area contributed by atoms with Gasteiger partial charge < -0.3 is 57.4 Å². The molecule has 0 unspecified atom stereocenters. The van der Waals surface area contributed by atoms with Gasteiger partial charge >= 0.3 is 12.1 Å². The summed E-state index contributed by atoms with van der Waals surface area (Å²) in [5.74, 6) is -1.58. The number of carbonyl (C=O) groups excluding carboxylic acids is 3. The lowest BCUT2D eigenvalue weighted by Crippen LogP contribution is -2.28. The largest absolute Gasteiger partial charge is 0.457 e. The number of amides is 1. The number of hydrogen-bond acceptors (Lipinski definition) is 14. The van der Waals surface area contributed by atoms with E-state index in [0.29, 0.717) is 124 Å². The standard InChI is InChI=1S/C36H53NO14/c38-34(33-9-5-2-6-10-33)35(39)50-30-29-49-28-27-48-26-25-47-24-23-46-22-21-45-20-19-44-18-17-43-16-15-42-14-13-41-12-11-37-36(40)51-31-32-7-3-1-4-8-32/h1-10H,11-31H2,(H,37,40). The minimum atomic E-state index is -0.902. The Balaban J connectivity index is 1.17. The second-order valence-corrected chi connectivity index (χ2v) is 10.3. The van der Waals surface area contributed by atoms with Gasteiger partial charge in [0.1, 0.15) is 13.2 Å². The summed E-state index contributed by atoms with van der Waals surface area (Å²) in [5.41, 5.74) is 1.22. The van der Waals surface area contributed by atoms with Crippen LogP contribution in [0.5, 0.6) is 0 Å². The van der Waals surface area contributed by atoms with Gasteiger partial charge in [-0.15, -0.1) is 0 Å². The molecule has 51 heavy (non-hydrogen) atoms. The molecule has 0 aliphatic heterocycles. The highest BCUT2D eigenvalue weighted by Crippen LogP contribution is 2.02. The number of esters is 1. The molecule has 0 heterocycles. The molecule has 0 saturated carbocycles. The molecule has 15 nitrogen and oxygen atoms in total. The van der Waals surface area contributed by atoms with Crippen molar-refractivity contribution in [2.75, 3.05) is 132 Å². The maximum atomic E-state index is 11.9. The van der Waals surface area contributed by atoms with Crippen LogP contribution >= 0.6 is 0 Å². The molecular weight excluding hydrogens is 670 g/mol. The van der Waals surface area contributed by atoms with Crippen molar-refractivity contribution in [3.8, 4) is 0 Å². The van der Waals surface area contributed by atoms with Gasteiger partial charge in [0.25, 0.3) is 5.78 Å². The number of ether oxygens (including phenoxy) is 11. The fourth-order valence-electron chi connectivity index (χ4n) is 3.83. The molecule has 0 aliphatic rings. The summed E-state index contributed by atoms with van der Waals surface area (Å²) in [7, 11) is 0. The SMILES string of the molecule is O=C(NCCOCCOCCOCCOCCOCCOCCOCCOCCOCCOC(=O)C(=O)c1ccccc1)OCc1ccccc1. The van der Waals surface area contributed by atoms with Crippen LogP contribution < -0.4 is 5.32 Å². The number of ketones is 1. The van der Waals surface area contributed by atoms with Gasteiger partial charge in [0.15, 0.2) is 0 Å². The van der Waals surface area contributed by atoms with Crippen molar-refractivity contribution in [3.63, 3.8) is 0 Å². The van der Waals surface area contributed by atoms with E-state index in [1.54, 1.807) is 30.3 Å². The van der Waals surface area contributed by atoms with Crippen molar-refractivity contribution in [1.29, 1.82) is 0 Å². The molecule has 1 N–H and O–H groups in total. The van der Waals surface area contributed by atoms with Gasteiger partial charge in [-0.1, -0.05) is 60.7 Å². The third-order valence-corrected chi connectivity index (χ3v) is 6.39. The lowest BCUT2D eigenvalue weighted by Gasteiger charge is -2.09. The quantitative estimate of drug-likeness (QED) is 0.0485. The van der Waals surface area contributed by atoms with Gasteiger partial charge in [-0.05, 0) is 5.56 Å². The molecule has 0 spiro atoms. The summed E-state index contributed by atoms with van der Waals surface area (Å²) in [6.45, 7) is 8.12. The topological polar surface area (TPSA) is 165 Å². The number of carbonyl (C=O) groups is 3. The van der Waals surface area contributed by atoms with E-state index < -0.39 is 17.8 Å². The number of rotatable bonds is 34. The Hall–Kier alpha value is -3.51. The van der Waals surface area contributed by atoms with Crippen LogP contribution in [0.25, 0.3) is 0 Å². The van der Waals surface area contributed by atoms with Crippen molar-refractivity contribution in [2.24, 2.45) is 0 Å². The minimum absolute atomic E-state index is 0.00823. The summed E-state index contributed by atoms with van der Waals surface area (Å²) < 4.78 is 58.9. The first-order valence-corrected chi connectivity index (χ1v) is 17.1. The summed E-state index contributed by atoms with van der Waals surface area (Å²) in [5, 5.41) is 2.64. The normalized spacial score (nSPS) is 11.0. The first-order valence-electron chi connectivity index (χ1n) is 17.1. The van der Waals surface area contributed by atoms with Crippen molar-refractivity contribution in [3.05, 3.63) is 71.8 Å². The van der Waals surface area contributed by atoms with Crippen molar-refractivity contribution in [2.45, 2.75) is 6.61 Å². The Morgan fingerprint density at radius 1 is 0.412 bits per heavy atom. The summed E-state index contributed by atoms with van der Waals surface area (Å²) in [6.07, 6.45) is -0.477. The van der Waals surface area contributed by atoms with Gasteiger partial charge in [-0.2, -0.15) is 0 Å². The van der Waals surface area contributed by atoms with Gasteiger partial charge in [-0.25, -0.2) is 9.59 Å². The lowest BCUT2D eigenvalue weighted by molar-refractivity contribution is -0.139. The van der Waals surface area contributed by atoms with Crippen LogP contribution in [0, 0.1) is 0 Å². The smallest absolute Gasteiger partial charge is 0.407 e. The Morgan fingerprint density at radius 3 is 1.18 bits per heavy atom. The van der Waals surface area contributed by atoms with Crippen LogP contribution in [0.2, 0.25) is 0 Å². The molecule has 15 heteroatoms. The molecule has 0 fully saturated rings. The zero-order valence-corrected chi connectivity index (χ0v) is 29.3. The molecule has 0 saturated heterocycles. The highest BCUT2D eigenvalue weighted by molar-refractivity contribution is 6.40. The molecule has 0 atom stereocenters. The summed E-state index contributed by atoms with van der Waals surface area (Å²) in [6, 6.07) is 17.7. The average molecular weight is 724 g/mol. The lowest BCUT2D eigenvalue weighted by atomic mass is 10.1. The molecule has 0 aliphatic carbocycles. The van der Waals surface area contributed by atoms with Crippen LogP contribution in [0.15, 0.2) is 60.7 Å². The number of hydrogen-bond donors (Lipinski definition) is 1. The molecule has 0 aromatic heterocycles. The highest BCUT2D eigenvalue weighted by atomic mass is 16.6. The summed E-state index contributed by atoms with van der Waals surface area (Å²) >= 11 is 0. The van der Waals surface area contributed by atoms with Crippen LogP contribution in [-0.4, -0.2) is 150 Å². The molecule has 0 bridgehead atoms. The Bertz CT molecular complexity index is 1130. The fraction of sp³-hybridized carbons (Fsp3) is 0.583. The van der Waals surface area contributed by atoms with E-state index in [4.69, 9.17) is 52.1 Å². The van der Waals surface area contributed by atoms with E-state index in [1.807, 2.05) is 30.3 Å². The van der Waals surface area contributed by atoms with Gasteiger partial charge in [0.05, 0.1) is 119 Å². The highest BCUT2D eigenvalue weighted by Gasteiger charge is 2.17. The number of alkyl carbamates (subject to hydrolysis) is 1. The maximum Gasteiger partial charge on any atom is 0.407 e.